The van der Waals surface area contributed by atoms with E-state index in [-0.39, 0.29) is 5.91 Å². The second-order valence-electron chi connectivity index (χ2n) is 3.19. The molecule has 1 aromatic rings. The van der Waals surface area contributed by atoms with E-state index < -0.39 is 0 Å². The van der Waals surface area contributed by atoms with Gasteiger partial charge < -0.3 is 5.32 Å². The van der Waals surface area contributed by atoms with E-state index in [9.17, 15) is 4.79 Å². The van der Waals surface area contributed by atoms with Gasteiger partial charge in [0.25, 0.3) is 0 Å². The van der Waals surface area contributed by atoms with Crippen LogP contribution in [0, 0.1) is 0 Å². The Morgan fingerprint density at radius 1 is 1.50 bits per heavy atom. The first-order valence-electron chi connectivity index (χ1n) is 4.82. The lowest BCUT2D eigenvalue weighted by atomic mass is 10.2. The van der Waals surface area contributed by atoms with Crippen LogP contribution < -0.4 is 5.32 Å². The summed E-state index contributed by atoms with van der Waals surface area (Å²) < 4.78 is 0. The van der Waals surface area contributed by atoms with E-state index in [0.717, 1.165) is 12.0 Å². The Labute approximate surface area is 104 Å². The Balaban J connectivity index is 2.47. The number of amides is 1. The second-order valence-corrected chi connectivity index (χ2v) is 3.93. The molecule has 0 fully saturated rings. The average molecular weight is 259 g/mol. The number of carbonyl (C=O) groups is 1. The molecule has 16 heavy (non-hydrogen) atoms. The van der Waals surface area contributed by atoms with Gasteiger partial charge in [-0.25, -0.2) is 4.98 Å². The zero-order valence-electron chi connectivity index (χ0n) is 8.84. The Morgan fingerprint density at radius 3 is 2.88 bits per heavy atom. The van der Waals surface area contributed by atoms with Crippen LogP contribution in [0.5, 0.6) is 0 Å². The number of nitrogens with zero attached hydrogens (tertiary/aromatic N) is 1. The minimum atomic E-state index is -0.0282. The summed E-state index contributed by atoms with van der Waals surface area (Å²) in [6.45, 7) is 2.11. The number of halogens is 2. The van der Waals surface area contributed by atoms with Gasteiger partial charge in [0.1, 0.15) is 10.3 Å². The lowest BCUT2D eigenvalue weighted by Crippen LogP contribution is -2.20. The molecule has 0 aromatic carbocycles. The summed E-state index contributed by atoms with van der Waals surface area (Å²) in [6, 6.07) is 3.48. The van der Waals surface area contributed by atoms with Crippen LogP contribution in [0.25, 0.3) is 6.08 Å². The van der Waals surface area contributed by atoms with Crippen LogP contribution in [0.2, 0.25) is 10.3 Å². The first-order chi connectivity index (χ1) is 7.59. The molecule has 0 spiro atoms. The van der Waals surface area contributed by atoms with Crippen molar-refractivity contribution in [3.8, 4) is 0 Å². The maximum atomic E-state index is 10.6. The number of carbonyl (C=O) groups excluding carboxylic acids is 1. The first-order valence-corrected chi connectivity index (χ1v) is 5.58. The van der Waals surface area contributed by atoms with Gasteiger partial charge in [0.15, 0.2) is 0 Å². The molecule has 0 aliphatic heterocycles. The highest BCUT2D eigenvalue weighted by Gasteiger charge is 1.98. The summed E-state index contributed by atoms with van der Waals surface area (Å²) in [6.07, 6.45) is 4.53. The molecule has 0 saturated heterocycles. The van der Waals surface area contributed by atoms with Gasteiger partial charge >= 0.3 is 0 Å². The van der Waals surface area contributed by atoms with Crippen LogP contribution in [-0.2, 0) is 4.79 Å². The van der Waals surface area contributed by atoms with Crippen molar-refractivity contribution < 1.29 is 4.79 Å². The number of aromatic nitrogens is 1. The minimum Gasteiger partial charge on any atom is -0.356 e. The number of rotatable bonds is 4. The fraction of sp³-hybridized carbons (Fsp3) is 0.273. The Morgan fingerprint density at radius 2 is 2.25 bits per heavy atom. The van der Waals surface area contributed by atoms with Crippen LogP contribution >= 0.6 is 23.2 Å². The molecular weight excluding hydrogens is 247 g/mol. The zero-order chi connectivity index (χ0) is 12.0. The number of pyridine rings is 1. The Bertz CT molecular complexity index is 405. The van der Waals surface area contributed by atoms with Crippen molar-refractivity contribution >= 4 is 35.2 Å². The fourth-order valence-electron chi connectivity index (χ4n) is 1.09. The van der Waals surface area contributed by atoms with E-state index in [1.54, 1.807) is 12.1 Å². The molecule has 1 rings (SSSR count). The van der Waals surface area contributed by atoms with Crippen molar-refractivity contribution in [1.29, 1.82) is 0 Å². The molecule has 1 amide bonds. The molecule has 0 radical (unpaired) electrons. The van der Waals surface area contributed by atoms with E-state index >= 15 is 0 Å². The van der Waals surface area contributed by atoms with Crippen LogP contribution in [0.4, 0.5) is 0 Å². The van der Waals surface area contributed by atoms with E-state index in [1.807, 2.05) is 12.2 Å². The molecule has 0 saturated carbocycles. The van der Waals surface area contributed by atoms with Crippen molar-refractivity contribution in [3.63, 3.8) is 0 Å². The molecular formula is C11H12Cl2N2O. The molecule has 0 atom stereocenters. The number of nitrogens with one attached hydrogen (secondary N) is 1. The summed E-state index contributed by atoms with van der Waals surface area (Å²) in [7, 11) is 0. The fourth-order valence-corrected chi connectivity index (χ4v) is 1.50. The third-order valence-corrected chi connectivity index (χ3v) is 2.34. The van der Waals surface area contributed by atoms with Gasteiger partial charge in [0, 0.05) is 19.0 Å². The van der Waals surface area contributed by atoms with Gasteiger partial charge in [-0.15, -0.1) is 0 Å². The third-order valence-electron chi connectivity index (χ3n) is 1.83. The molecule has 86 valence electrons. The second kappa shape index (κ2) is 6.51. The predicted molar refractivity (Wildman–Crippen MR) is 66.6 cm³/mol. The average Bonchev–Trinajstić information content (AvgIpc) is 2.20. The van der Waals surface area contributed by atoms with Gasteiger partial charge in [-0.05, 0) is 18.6 Å². The van der Waals surface area contributed by atoms with E-state index in [0.29, 0.717) is 16.9 Å². The van der Waals surface area contributed by atoms with Crippen molar-refractivity contribution in [3.05, 3.63) is 34.1 Å². The largest absolute Gasteiger partial charge is 0.356 e. The van der Waals surface area contributed by atoms with Gasteiger partial charge in [0.05, 0.1) is 0 Å². The smallest absolute Gasteiger partial charge is 0.216 e. The molecule has 0 aliphatic rings. The van der Waals surface area contributed by atoms with Gasteiger partial charge in [-0.3, -0.25) is 4.79 Å². The molecule has 1 heterocycles. The van der Waals surface area contributed by atoms with Gasteiger partial charge in [-0.1, -0.05) is 35.4 Å². The standard InChI is InChI=1S/C11H12Cl2N2O/c1-8(16)14-7-3-2-4-9-5-6-10(12)15-11(9)13/h2,4-6H,3,7H2,1H3,(H,14,16). The molecule has 1 aromatic heterocycles. The lowest BCUT2D eigenvalue weighted by Gasteiger charge is -1.99. The molecule has 0 unspecified atom stereocenters. The van der Waals surface area contributed by atoms with Gasteiger partial charge in [0.2, 0.25) is 5.91 Å². The van der Waals surface area contributed by atoms with Gasteiger partial charge in [-0.2, -0.15) is 0 Å². The van der Waals surface area contributed by atoms with E-state index in [2.05, 4.69) is 10.3 Å². The van der Waals surface area contributed by atoms with E-state index in [1.165, 1.54) is 6.92 Å². The van der Waals surface area contributed by atoms with Crippen molar-refractivity contribution in [2.45, 2.75) is 13.3 Å². The summed E-state index contributed by atoms with van der Waals surface area (Å²) >= 11 is 11.5. The molecule has 0 aliphatic carbocycles. The lowest BCUT2D eigenvalue weighted by molar-refractivity contribution is -0.118. The molecule has 3 nitrogen and oxygen atoms in total. The highest BCUT2D eigenvalue weighted by molar-refractivity contribution is 6.33. The SMILES string of the molecule is CC(=O)NCCC=Cc1ccc(Cl)nc1Cl. The number of hydrogen-bond donors (Lipinski definition) is 1. The zero-order valence-corrected chi connectivity index (χ0v) is 10.3. The Kier molecular flexibility index (Phi) is 5.29. The third kappa shape index (κ3) is 4.64. The van der Waals surface area contributed by atoms with Crippen LogP contribution in [0.15, 0.2) is 18.2 Å². The van der Waals surface area contributed by atoms with Crippen LogP contribution in [-0.4, -0.2) is 17.4 Å². The topological polar surface area (TPSA) is 42.0 Å². The van der Waals surface area contributed by atoms with E-state index in [4.69, 9.17) is 23.2 Å². The predicted octanol–water partition coefficient (Wildman–Crippen LogP) is 2.93. The Hall–Kier alpha value is -1.06. The first kappa shape index (κ1) is 13.0. The summed E-state index contributed by atoms with van der Waals surface area (Å²) in [5, 5.41) is 3.45. The monoisotopic (exact) mass is 258 g/mol. The minimum absolute atomic E-state index is 0.0282. The highest BCUT2D eigenvalue weighted by atomic mass is 35.5. The van der Waals surface area contributed by atoms with Crippen molar-refractivity contribution in [2.24, 2.45) is 0 Å². The molecule has 0 bridgehead atoms. The van der Waals surface area contributed by atoms with Crippen molar-refractivity contribution in [2.75, 3.05) is 6.54 Å². The normalized spacial score (nSPS) is 10.7. The van der Waals surface area contributed by atoms with Crippen LogP contribution in [0.1, 0.15) is 18.9 Å². The quantitative estimate of drug-likeness (QED) is 0.667. The maximum absolute atomic E-state index is 10.6. The highest BCUT2D eigenvalue weighted by Crippen LogP contribution is 2.17. The maximum Gasteiger partial charge on any atom is 0.216 e. The summed E-state index contributed by atoms with van der Waals surface area (Å²) in [5.41, 5.74) is 0.814. The molecule has 5 heteroatoms. The molecule has 1 N–H and O–H groups in total. The van der Waals surface area contributed by atoms with Crippen LogP contribution in [0.3, 0.4) is 0 Å². The summed E-state index contributed by atoms with van der Waals surface area (Å²) in [5.74, 6) is -0.0282. The summed E-state index contributed by atoms with van der Waals surface area (Å²) in [4.78, 5) is 14.5. The number of hydrogen-bond acceptors (Lipinski definition) is 2. The van der Waals surface area contributed by atoms with Crippen molar-refractivity contribution in [1.82, 2.24) is 10.3 Å².